The van der Waals surface area contributed by atoms with Crippen LogP contribution < -0.4 is 0 Å². The van der Waals surface area contributed by atoms with Crippen LogP contribution in [-0.2, 0) is 6.54 Å². The molecule has 2 aromatic heterocycles. The van der Waals surface area contributed by atoms with Crippen LogP contribution in [-0.4, -0.2) is 38.2 Å². The summed E-state index contributed by atoms with van der Waals surface area (Å²) < 4.78 is 14.9. The van der Waals surface area contributed by atoms with Gasteiger partial charge in [0.25, 0.3) is 0 Å². The molecule has 0 radical (unpaired) electrons. The van der Waals surface area contributed by atoms with Crippen molar-refractivity contribution in [3.05, 3.63) is 30.1 Å². The Morgan fingerprint density at radius 2 is 2.11 bits per heavy atom. The molecule has 0 spiro atoms. The van der Waals surface area contributed by atoms with Crippen molar-refractivity contribution in [1.82, 2.24) is 24.6 Å². The lowest BCUT2D eigenvalue weighted by Gasteiger charge is -2.30. The van der Waals surface area contributed by atoms with Gasteiger partial charge in [-0.2, -0.15) is 4.39 Å². The average molecular weight is 247 g/mol. The fourth-order valence-corrected chi connectivity index (χ4v) is 2.21. The Bertz CT molecular complexity index is 562. The van der Waals surface area contributed by atoms with Gasteiger partial charge in [0.15, 0.2) is 5.82 Å². The summed E-state index contributed by atoms with van der Waals surface area (Å²) in [5.41, 5.74) is 0.798. The number of fused-ring (bicyclic) bond motifs is 1. The van der Waals surface area contributed by atoms with Gasteiger partial charge in [0.2, 0.25) is 5.95 Å². The minimum absolute atomic E-state index is 0.244. The first kappa shape index (κ1) is 11.3. The maximum absolute atomic E-state index is 12.8. The number of nitrogens with zero attached hydrogens (tertiary/aromatic N) is 5. The minimum atomic E-state index is -0.481. The summed E-state index contributed by atoms with van der Waals surface area (Å²) >= 11 is 0. The van der Waals surface area contributed by atoms with Crippen molar-refractivity contribution in [2.45, 2.75) is 19.5 Å². The normalized spacial score (nSPS) is 19.8. The molecule has 0 amide bonds. The van der Waals surface area contributed by atoms with E-state index in [2.05, 4.69) is 38.6 Å². The van der Waals surface area contributed by atoms with Crippen LogP contribution in [0.25, 0.3) is 11.4 Å². The van der Waals surface area contributed by atoms with E-state index in [1.165, 1.54) is 12.3 Å². The monoisotopic (exact) mass is 247 g/mol. The summed E-state index contributed by atoms with van der Waals surface area (Å²) in [6, 6.07) is 3.27. The predicted octanol–water partition coefficient (Wildman–Crippen LogP) is 1.49. The van der Waals surface area contributed by atoms with E-state index in [-0.39, 0.29) is 6.04 Å². The minimum Gasteiger partial charge on any atom is -0.308 e. The Balaban J connectivity index is 2.05. The molecule has 0 bridgehead atoms. The zero-order chi connectivity index (χ0) is 12.7. The van der Waals surface area contributed by atoms with Crippen LogP contribution in [0.5, 0.6) is 0 Å². The highest BCUT2D eigenvalue weighted by atomic mass is 19.1. The molecular weight excluding hydrogens is 233 g/mol. The Labute approximate surface area is 104 Å². The van der Waals surface area contributed by atoms with Crippen molar-refractivity contribution in [2.75, 3.05) is 13.6 Å². The standard InChI is InChI=1S/C12H14FN5/c1-8-11-15-16-12(18(11)6-5-17(8)2)9-3-4-10(13)14-7-9/h3-4,7-8H,5-6H2,1-2H3. The van der Waals surface area contributed by atoms with E-state index < -0.39 is 5.95 Å². The van der Waals surface area contributed by atoms with E-state index >= 15 is 0 Å². The molecule has 2 aromatic rings. The second-order valence-electron chi connectivity index (χ2n) is 4.56. The maximum Gasteiger partial charge on any atom is 0.212 e. The molecule has 94 valence electrons. The molecule has 0 saturated carbocycles. The Morgan fingerprint density at radius 1 is 1.28 bits per heavy atom. The summed E-state index contributed by atoms with van der Waals surface area (Å²) in [4.78, 5) is 5.89. The average Bonchev–Trinajstić information content (AvgIpc) is 2.79. The topological polar surface area (TPSA) is 46.8 Å². The van der Waals surface area contributed by atoms with Gasteiger partial charge >= 0.3 is 0 Å². The lowest BCUT2D eigenvalue weighted by molar-refractivity contribution is 0.206. The smallest absolute Gasteiger partial charge is 0.212 e. The molecule has 1 aliphatic heterocycles. The third-order valence-electron chi connectivity index (χ3n) is 3.48. The molecule has 0 aromatic carbocycles. The van der Waals surface area contributed by atoms with Crippen molar-refractivity contribution < 1.29 is 4.39 Å². The molecule has 6 heteroatoms. The fraction of sp³-hybridized carbons (Fsp3) is 0.417. The Hall–Kier alpha value is -1.82. The van der Waals surface area contributed by atoms with Crippen LogP contribution in [0, 0.1) is 5.95 Å². The van der Waals surface area contributed by atoms with E-state index in [1.807, 2.05) is 0 Å². The van der Waals surface area contributed by atoms with E-state index in [0.717, 1.165) is 30.3 Å². The molecule has 0 saturated heterocycles. The predicted molar refractivity (Wildman–Crippen MR) is 64.3 cm³/mol. The number of likely N-dealkylation sites (N-methyl/N-ethyl adjacent to an activating group) is 1. The molecule has 1 atom stereocenters. The van der Waals surface area contributed by atoms with Gasteiger partial charge in [-0.3, -0.25) is 4.90 Å². The van der Waals surface area contributed by atoms with E-state index in [9.17, 15) is 4.39 Å². The molecule has 1 aliphatic rings. The first-order valence-electron chi connectivity index (χ1n) is 5.92. The van der Waals surface area contributed by atoms with Crippen LogP contribution in [0.2, 0.25) is 0 Å². The van der Waals surface area contributed by atoms with E-state index in [4.69, 9.17) is 0 Å². The maximum atomic E-state index is 12.8. The number of hydrogen-bond donors (Lipinski definition) is 0. The Morgan fingerprint density at radius 3 is 2.83 bits per heavy atom. The number of pyridine rings is 1. The molecule has 1 unspecified atom stereocenters. The van der Waals surface area contributed by atoms with Crippen molar-refractivity contribution in [1.29, 1.82) is 0 Å². The molecule has 0 fully saturated rings. The SMILES string of the molecule is CC1c2nnc(-c3ccc(F)nc3)n2CCN1C. The zero-order valence-corrected chi connectivity index (χ0v) is 10.3. The van der Waals surface area contributed by atoms with Crippen molar-refractivity contribution in [2.24, 2.45) is 0 Å². The van der Waals surface area contributed by atoms with Gasteiger partial charge in [-0.25, -0.2) is 4.98 Å². The van der Waals surface area contributed by atoms with Gasteiger partial charge in [-0.15, -0.1) is 10.2 Å². The first-order chi connectivity index (χ1) is 8.66. The molecule has 0 N–H and O–H groups in total. The molecule has 18 heavy (non-hydrogen) atoms. The lowest BCUT2D eigenvalue weighted by atomic mass is 10.2. The number of rotatable bonds is 1. The summed E-state index contributed by atoms with van der Waals surface area (Å²) in [6.07, 6.45) is 1.50. The van der Waals surface area contributed by atoms with Gasteiger partial charge in [0, 0.05) is 24.8 Å². The molecule has 5 nitrogen and oxygen atoms in total. The number of hydrogen-bond acceptors (Lipinski definition) is 4. The van der Waals surface area contributed by atoms with Crippen LogP contribution in [0.1, 0.15) is 18.8 Å². The van der Waals surface area contributed by atoms with Crippen LogP contribution in [0.15, 0.2) is 18.3 Å². The van der Waals surface area contributed by atoms with E-state index in [0.29, 0.717) is 0 Å². The van der Waals surface area contributed by atoms with Gasteiger partial charge < -0.3 is 4.57 Å². The van der Waals surface area contributed by atoms with Crippen LogP contribution >= 0.6 is 0 Å². The molecule has 3 rings (SSSR count). The molecule has 3 heterocycles. The second kappa shape index (κ2) is 4.13. The van der Waals surface area contributed by atoms with Gasteiger partial charge in [-0.05, 0) is 26.1 Å². The third kappa shape index (κ3) is 1.69. The van der Waals surface area contributed by atoms with Crippen LogP contribution in [0.3, 0.4) is 0 Å². The number of aromatic nitrogens is 4. The van der Waals surface area contributed by atoms with Crippen molar-refractivity contribution in [3.63, 3.8) is 0 Å². The summed E-state index contributed by atoms with van der Waals surface area (Å²) in [6.45, 7) is 3.90. The third-order valence-corrected chi connectivity index (χ3v) is 3.48. The van der Waals surface area contributed by atoms with Crippen molar-refractivity contribution in [3.8, 4) is 11.4 Å². The summed E-state index contributed by atoms with van der Waals surface area (Å²) in [5, 5.41) is 8.44. The van der Waals surface area contributed by atoms with Gasteiger partial charge in [0.1, 0.15) is 5.82 Å². The highest BCUT2D eigenvalue weighted by Crippen LogP contribution is 2.26. The van der Waals surface area contributed by atoms with Gasteiger partial charge in [0.05, 0.1) is 6.04 Å². The van der Waals surface area contributed by atoms with Gasteiger partial charge in [-0.1, -0.05) is 0 Å². The summed E-state index contributed by atoms with van der Waals surface area (Å²) in [5.74, 6) is 1.23. The highest BCUT2D eigenvalue weighted by molar-refractivity contribution is 5.53. The Kier molecular flexibility index (Phi) is 2.59. The zero-order valence-electron chi connectivity index (χ0n) is 10.3. The van der Waals surface area contributed by atoms with Crippen molar-refractivity contribution >= 4 is 0 Å². The summed E-state index contributed by atoms with van der Waals surface area (Å²) in [7, 11) is 2.07. The first-order valence-corrected chi connectivity index (χ1v) is 5.92. The molecular formula is C12H14FN5. The number of halogens is 1. The largest absolute Gasteiger partial charge is 0.308 e. The van der Waals surface area contributed by atoms with E-state index in [1.54, 1.807) is 6.07 Å². The second-order valence-corrected chi connectivity index (χ2v) is 4.56. The lowest BCUT2D eigenvalue weighted by Crippen LogP contribution is -2.34. The molecule has 0 aliphatic carbocycles. The quantitative estimate of drug-likeness (QED) is 0.716. The van der Waals surface area contributed by atoms with Crippen LogP contribution in [0.4, 0.5) is 4.39 Å². The fourth-order valence-electron chi connectivity index (χ4n) is 2.21. The highest BCUT2D eigenvalue weighted by Gasteiger charge is 2.26.